The van der Waals surface area contributed by atoms with Gasteiger partial charge < -0.3 is 15.0 Å². The molecule has 1 fully saturated rings. The third-order valence-electron chi connectivity index (χ3n) is 4.37. The predicted octanol–water partition coefficient (Wildman–Crippen LogP) is 4.11. The van der Waals surface area contributed by atoms with Crippen LogP contribution in [0.1, 0.15) is 23.2 Å². The van der Waals surface area contributed by atoms with Crippen LogP contribution in [-0.4, -0.2) is 36.5 Å². The second kappa shape index (κ2) is 8.52. The molecule has 0 aromatic heterocycles. The van der Waals surface area contributed by atoms with Gasteiger partial charge in [-0.2, -0.15) is 0 Å². The maximum absolute atomic E-state index is 13.0. The van der Waals surface area contributed by atoms with Crippen molar-refractivity contribution in [2.75, 3.05) is 25.0 Å². The van der Waals surface area contributed by atoms with Crippen LogP contribution in [0.4, 0.5) is 10.1 Å². The number of carbonyl (C=O) groups is 1. The molecule has 0 saturated carbocycles. The van der Waals surface area contributed by atoms with Gasteiger partial charge in [0, 0.05) is 30.4 Å². The van der Waals surface area contributed by atoms with E-state index in [1.54, 1.807) is 30.3 Å². The lowest BCUT2D eigenvalue weighted by molar-refractivity contribution is 0.0714. The van der Waals surface area contributed by atoms with Gasteiger partial charge in [0.1, 0.15) is 18.2 Å². The first-order chi connectivity index (χ1) is 12.7. The molecule has 1 aliphatic heterocycles. The highest BCUT2D eigenvalue weighted by molar-refractivity contribution is 5.94. The number of piperidine rings is 1. The lowest BCUT2D eigenvalue weighted by Gasteiger charge is -2.33. The smallest absolute Gasteiger partial charge is 0.254 e. The van der Waals surface area contributed by atoms with E-state index in [9.17, 15) is 9.18 Å². The number of benzene rings is 2. The first kappa shape index (κ1) is 18.0. The van der Waals surface area contributed by atoms with Crippen LogP contribution in [0, 0.1) is 5.82 Å². The molecule has 26 heavy (non-hydrogen) atoms. The third-order valence-corrected chi connectivity index (χ3v) is 4.37. The fraction of sp³-hybridized carbons (Fsp3) is 0.286. The summed E-state index contributed by atoms with van der Waals surface area (Å²) in [6.45, 7) is 5.39. The van der Waals surface area contributed by atoms with Crippen molar-refractivity contribution < 1.29 is 13.9 Å². The number of rotatable bonds is 6. The largest absolute Gasteiger partial charge is 0.490 e. The molecule has 0 aliphatic carbocycles. The highest BCUT2D eigenvalue weighted by Gasteiger charge is 2.24. The highest BCUT2D eigenvalue weighted by Crippen LogP contribution is 2.20. The van der Waals surface area contributed by atoms with Gasteiger partial charge in [-0.15, -0.1) is 0 Å². The Bertz CT molecular complexity index is 761. The molecule has 0 radical (unpaired) electrons. The molecule has 136 valence electrons. The van der Waals surface area contributed by atoms with Crippen LogP contribution in [0.2, 0.25) is 0 Å². The highest BCUT2D eigenvalue weighted by atomic mass is 19.1. The third kappa shape index (κ3) is 4.63. The Kier molecular flexibility index (Phi) is 5.89. The van der Waals surface area contributed by atoms with Crippen LogP contribution in [0.3, 0.4) is 0 Å². The van der Waals surface area contributed by atoms with Gasteiger partial charge >= 0.3 is 0 Å². The minimum absolute atomic E-state index is 0.000316. The van der Waals surface area contributed by atoms with E-state index >= 15 is 0 Å². The number of carbonyl (C=O) groups excluding carboxylic acids is 1. The molecule has 1 aliphatic rings. The molecule has 2 aromatic rings. The Labute approximate surface area is 153 Å². The summed E-state index contributed by atoms with van der Waals surface area (Å²) in [5.74, 6) is 0.406. The number of nitrogens with one attached hydrogen (secondary N) is 1. The monoisotopic (exact) mass is 354 g/mol. The van der Waals surface area contributed by atoms with Crippen molar-refractivity contribution in [2.45, 2.75) is 18.9 Å². The van der Waals surface area contributed by atoms with E-state index in [1.165, 1.54) is 12.1 Å². The van der Waals surface area contributed by atoms with E-state index < -0.39 is 0 Å². The van der Waals surface area contributed by atoms with E-state index in [1.807, 2.05) is 17.0 Å². The SMILES string of the molecule is C=CCOc1cccc(C(=O)N2CCC[C@@H](Nc3ccc(F)cc3)C2)c1. The first-order valence-electron chi connectivity index (χ1n) is 8.81. The van der Waals surface area contributed by atoms with E-state index in [2.05, 4.69) is 11.9 Å². The topological polar surface area (TPSA) is 41.6 Å². The Balaban J connectivity index is 1.64. The average molecular weight is 354 g/mol. The fourth-order valence-electron chi connectivity index (χ4n) is 3.12. The minimum atomic E-state index is -0.255. The Hall–Kier alpha value is -2.82. The Morgan fingerprint density at radius 3 is 2.88 bits per heavy atom. The van der Waals surface area contributed by atoms with Crippen molar-refractivity contribution in [3.05, 3.63) is 72.6 Å². The number of hydrogen-bond acceptors (Lipinski definition) is 3. The number of nitrogens with zero attached hydrogens (tertiary/aromatic N) is 1. The van der Waals surface area contributed by atoms with Crippen molar-refractivity contribution in [3.8, 4) is 5.75 Å². The zero-order valence-corrected chi connectivity index (χ0v) is 14.7. The minimum Gasteiger partial charge on any atom is -0.490 e. The van der Waals surface area contributed by atoms with Gasteiger partial charge in [0.2, 0.25) is 0 Å². The molecule has 1 saturated heterocycles. The summed E-state index contributed by atoms with van der Waals surface area (Å²) in [7, 11) is 0. The van der Waals surface area contributed by atoms with Gasteiger partial charge in [-0.05, 0) is 55.3 Å². The summed E-state index contributed by atoms with van der Waals surface area (Å²) >= 11 is 0. The molecular weight excluding hydrogens is 331 g/mol. The number of amides is 1. The summed E-state index contributed by atoms with van der Waals surface area (Å²) < 4.78 is 18.5. The standard InChI is InChI=1S/C21H23FN2O2/c1-2-13-26-20-7-3-5-16(14-20)21(25)24-12-4-6-19(15-24)23-18-10-8-17(22)9-11-18/h2-3,5,7-11,14,19,23H,1,4,6,12-13,15H2/t19-/m1/s1. The summed E-state index contributed by atoms with van der Waals surface area (Å²) in [4.78, 5) is 14.7. The van der Waals surface area contributed by atoms with E-state index in [0.717, 1.165) is 25.1 Å². The lowest BCUT2D eigenvalue weighted by atomic mass is 10.0. The normalized spacial score (nSPS) is 16.8. The molecule has 2 aromatic carbocycles. The van der Waals surface area contributed by atoms with Crippen molar-refractivity contribution in [2.24, 2.45) is 0 Å². The second-order valence-corrected chi connectivity index (χ2v) is 6.37. The van der Waals surface area contributed by atoms with Gasteiger partial charge in [-0.25, -0.2) is 4.39 Å². The van der Waals surface area contributed by atoms with Crippen LogP contribution >= 0.6 is 0 Å². The molecule has 1 amide bonds. The molecule has 5 heteroatoms. The zero-order chi connectivity index (χ0) is 18.4. The predicted molar refractivity (Wildman–Crippen MR) is 101 cm³/mol. The number of halogens is 1. The van der Waals surface area contributed by atoms with Crippen LogP contribution in [0.5, 0.6) is 5.75 Å². The fourth-order valence-corrected chi connectivity index (χ4v) is 3.12. The summed E-state index contributed by atoms with van der Waals surface area (Å²) in [6, 6.07) is 13.7. The van der Waals surface area contributed by atoms with Crippen molar-refractivity contribution in [1.29, 1.82) is 0 Å². The van der Waals surface area contributed by atoms with E-state index in [4.69, 9.17) is 4.74 Å². The van der Waals surface area contributed by atoms with Gasteiger partial charge in [0.15, 0.2) is 0 Å². The zero-order valence-electron chi connectivity index (χ0n) is 14.7. The molecule has 4 nitrogen and oxygen atoms in total. The number of likely N-dealkylation sites (tertiary alicyclic amines) is 1. The molecule has 0 bridgehead atoms. The van der Waals surface area contributed by atoms with Crippen LogP contribution in [-0.2, 0) is 0 Å². The maximum atomic E-state index is 13.0. The summed E-state index contributed by atoms with van der Waals surface area (Å²) in [5.41, 5.74) is 1.49. The van der Waals surface area contributed by atoms with Gasteiger partial charge in [-0.1, -0.05) is 18.7 Å². The maximum Gasteiger partial charge on any atom is 0.254 e. The van der Waals surface area contributed by atoms with E-state index in [-0.39, 0.29) is 17.8 Å². The van der Waals surface area contributed by atoms with Gasteiger partial charge in [0.05, 0.1) is 0 Å². The lowest BCUT2D eigenvalue weighted by Crippen LogP contribution is -2.45. The molecule has 1 heterocycles. The molecule has 1 N–H and O–H groups in total. The van der Waals surface area contributed by atoms with Gasteiger partial charge in [-0.3, -0.25) is 4.79 Å². The van der Waals surface area contributed by atoms with Crippen molar-refractivity contribution in [3.63, 3.8) is 0 Å². The summed E-state index contributed by atoms with van der Waals surface area (Å²) in [5, 5.41) is 3.39. The number of anilines is 1. The summed E-state index contributed by atoms with van der Waals surface area (Å²) in [6.07, 6.45) is 3.58. The molecule has 0 spiro atoms. The second-order valence-electron chi connectivity index (χ2n) is 6.37. The Morgan fingerprint density at radius 1 is 1.31 bits per heavy atom. The molecule has 0 unspecified atom stereocenters. The molecule has 3 rings (SSSR count). The quantitative estimate of drug-likeness (QED) is 0.794. The van der Waals surface area contributed by atoms with Crippen molar-refractivity contribution >= 4 is 11.6 Å². The first-order valence-corrected chi connectivity index (χ1v) is 8.81. The van der Waals surface area contributed by atoms with Crippen molar-refractivity contribution in [1.82, 2.24) is 4.90 Å². The molecular formula is C21H23FN2O2. The van der Waals surface area contributed by atoms with Crippen LogP contribution in [0.25, 0.3) is 0 Å². The number of hydrogen-bond donors (Lipinski definition) is 1. The molecule has 1 atom stereocenters. The van der Waals surface area contributed by atoms with E-state index in [0.29, 0.717) is 24.5 Å². The average Bonchev–Trinajstić information content (AvgIpc) is 2.68. The number of ether oxygens (including phenoxy) is 1. The van der Waals surface area contributed by atoms with Crippen LogP contribution < -0.4 is 10.1 Å². The van der Waals surface area contributed by atoms with Gasteiger partial charge in [0.25, 0.3) is 5.91 Å². The Morgan fingerprint density at radius 2 is 2.12 bits per heavy atom. The van der Waals surface area contributed by atoms with Crippen LogP contribution in [0.15, 0.2) is 61.2 Å².